The van der Waals surface area contributed by atoms with Gasteiger partial charge in [0.25, 0.3) is 5.91 Å². The van der Waals surface area contributed by atoms with Crippen LogP contribution in [0.5, 0.6) is 5.75 Å². The van der Waals surface area contributed by atoms with Crippen LogP contribution in [0.15, 0.2) is 36.5 Å². The number of amides is 1. The van der Waals surface area contributed by atoms with E-state index in [1.807, 2.05) is 6.92 Å². The van der Waals surface area contributed by atoms with E-state index in [1.165, 1.54) is 12.1 Å². The number of nitrogens with zero attached hydrogens (tertiary/aromatic N) is 2. The molecule has 2 atom stereocenters. The number of alkyl halides is 2. The molecule has 0 saturated carbocycles. The van der Waals surface area contributed by atoms with Gasteiger partial charge in [0.15, 0.2) is 11.6 Å². The van der Waals surface area contributed by atoms with Gasteiger partial charge in [-0.15, -0.1) is 0 Å². The molecule has 7 nitrogen and oxygen atoms in total. The van der Waals surface area contributed by atoms with Crippen LogP contribution in [0.4, 0.5) is 23.2 Å². The van der Waals surface area contributed by atoms with Crippen LogP contribution in [0.1, 0.15) is 32.0 Å². The molecule has 1 aromatic heterocycles. The second-order valence-corrected chi connectivity index (χ2v) is 7.14. The Balaban J connectivity index is 0.000000235. The van der Waals surface area contributed by atoms with Crippen molar-refractivity contribution in [2.75, 3.05) is 18.5 Å². The molecule has 2 aromatic rings. The van der Waals surface area contributed by atoms with Gasteiger partial charge in [-0.2, -0.15) is 18.3 Å². The molecule has 2 N–H and O–H groups in total. The number of ether oxygens (including phenoxy) is 2. The fourth-order valence-electron chi connectivity index (χ4n) is 2.73. The summed E-state index contributed by atoms with van der Waals surface area (Å²) in [6.07, 6.45) is 2.15. The monoisotopic (exact) mass is 459 g/mol. The highest BCUT2D eigenvalue weighted by Gasteiger charge is 2.28. The molecule has 0 bridgehead atoms. The molecule has 0 radical (unpaired) electrons. The SMILES string of the molecule is C=C(CO)COc1cccc(F)c1F.Cc1nn(C(F)F)cc1NC(=O)C1CCC(C)O1. The largest absolute Gasteiger partial charge is 0.486 e. The lowest BCUT2D eigenvalue weighted by atomic mass is 10.2. The van der Waals surface area contributed by atoms with Gasteiger partial charge in [-0.25, -0.2) is 9.07 Å². The minimum absolute atomic E-state index is 0.0309. The van der Waals surface area contributed by atoms with E-state index < -0.39 is 24.3 Å². The summed E-state index contributed by atoms with van der Waals surface area (Å²) in [7, 11) is 0. The van der Waals surface area contributed by atoms with Crippen molar-refractivity contribution in [3.8, 4) is 5.75 Å². The van der Waals surface area contributed by atoms with Crippen molar-refractivity contribution in [2.45, 2.75) is 45.4 Å². The molecule has 1 aliphatic heterocycles. The third kappa shape index (κ3) is 7.06. The first kappa shape index (κ1) is 25.3. The summed E-state index contributed by atoms with van der Waals surface area (Å²) >= 11 is 0. The molecule has 3 rings (SSSR count). The van der Waals surface area contributed by atoms with Gasteiger partial charge in [-0.05, 0) is 44.4 Å². The van der Waals surface area contributed by atoms with Crippen LogP contribution in [-0.4, -0.2) is 46.2 Å². The number of hydrogen-bond acceptors (Lipinski definition) is 5. The van der Waals surface area contributed by atoms with E-state index >= 15 is 0 Å². The molecular weight excluding hydrogens is 434 g/mol. The Kier molecular flexibility index (Phi) is 9.21. The van der Waals surface area contributed by atoms with Crippen LogP contribution < -0.4 is 10.1 Å². The fourth-order valence-corrected chi connectivity index (χ4v) is 2.73. The maximum Gasteiger partial charge on any atom is 0.333 e. The molecule has 2 heterocycles. The third-order valence-corrected chi connectivity index (χ3v) is 4.47. The van der Waals surface area contributed by atoms with Crippen LogP contribution >= 0.6 is 0 Å². The maximum atomic E-state index is 13.0. The summed E-state index contributed by atoms with van der Waals surface area (Å²) in [6, 6.07) is 3.65. The van der Waals surface area contributed by atoms with E-state index in [1.54, 1.807) is 6.92 Å². The smallest absolute Gasteiger partial charge is 0.333 e. The molecule has 1 amide bonds. The number of carbonyl (C=O) groups is 1. The second-order valence-electron chi connectivity index (χ2n) is 7.14. The quantitative estimate of drug-likeness (QED) is 0.483. The van der Waals surface area contributed by atoms with Crippen molar-refractivity contribution < 1.29 is 36.9 Å². The number of hydrogen-bond donors (Lipinski definition) is 2. The van der Waals surface area contributed by atoms with Crippen LogP contribution in [-0.2, 0) is 9.53 Å². The third-order valence-electron chi connectivity index (χ3n) is 4.47. The molecule has 1 fully saturated rings. The van der Waals surface area contributed by atoms with Crippen molar-refractivity contribution >= 4 is 11.6 Å². The number of aliphatic hydroxyl groups excluding tert-OH is 1. The van der Waals surface area contributed by atoms with E-state index in [4.69, 9.17) is 14.6 Å². The van der Waals surface area contributed by atoms with E-state index in [-0.39, 0.29) is 31.0 Å². The molecule has 0 aliphatic carbocycles. The van der Waals surface area contributed by atoms with Crippen molar-refractivity contribution in [3.63, 3.8) is 0 Å². The van der Waals surface area contributed by atoms with E-state index in [0.29, 0.717) is 28.1 Å². The number of aliphatic hydroxyl groups is 1. The highest BCUT2D eigenvalue weighted by molar-refractivity contribution is 5.94. The highest BCUT2D eigenvalue weighted by Crippen LogP contribution is 2.23. The first-order valence-electron chi connectivity index (χ1n) is 9.76. The minimum Gasteiger partial charge on any atom is -0.486 e. The zero-order chi connectivity index (χ0) is 23.8. The van der Waals surface area contributed by atoms with Crippen LogP contribution in [0.25, 0.3) is 0 Å². The van der Waals surface area contributed by atoms with Crippen LogP contribution in [0, 0.1) is 18.6 Å². The molecular formula is C21H25F4N3O4. The summed E-state index contributed by atoms with van der Waals surface area (Å²) < 4.78 is 61.3. The van der Waals surface area contributed by atoms with E-state index in [9.17, 15) is 22.4 Å². The van der Waals surface area contributed by atoms with Crippen molar-refractivity contribution in [1.82, 2.24) is 9.78 Å². The Labute approximate surface area is 182 Å². The predicted molar refractivity (Wildman–Crippen MR) is 108 cm³/mol. The van der Waals surface area contributed by atoms with E-state index in [2.05, 4.69) is 17.0 Å². The van der Waals surface area contributed by atoms with Gasteiger partial charge in [0.2, 0.25) is 5.82 Å². The Morgan fingerprint density at radius 1 is 1.41 bits per heavy atom. The van der Waals surface area contributed by atoms with Gasteiger partial charge in [0.05, 0.1) is 30.3 Å². The van der Waals surface area contributed by atoms with Crippen LogP contribution in [0.2, 0.25) is 0 Å². The van der Waals surface area contributed by atoms with Crippen molar-refractivity contribution in [2.24, 2.45) is 0 Å². The number of nitrogens with one attached hydrogen (secondary N) is 1. The molecule has 11 heteroatoms. The molecule has 1 saturated heterocycles. The Hall–Kier alpha value is -2.92. The topological polar surface area (TPSA) is 85.6 Å². The lowest BCUT2D eigenvalue weighted by molar-refractivity contribution is -0.126. The molecule has 2 unspecified atom stereocenters. The average Bonchev–Trinajstić information content (AvgIpc) is 3.35. The van der Waals surface area contributed by atoms with Crippen molar-refractivity contribution in [3.05, 3.63) is 53.9 Å². The number of halogens is 4. The normalized spacial score (nSPS) is 17.6. The average molecular weight is 459 g/mol. The van der Waals surface area contributed by atoms with E-state index in [0.717, 1.165) is 18.7 Å². The summed E-state index contributed by atoms with van der Waals surface area (Å²) in [5.74, 6) is -2.48. The Morgan fingerprint density at radius 2 is 2.12 bits per heavy atom. The first-order chi connectivity index (χ1) is 15.1. The van der Waals surface area contributed by atoms with Crippen molar-refractivity contribution in [1.29, 1.82) is 0 Å². The Bertz CT molecular complexity index is 936. The van der Waals surface area contributed by atoms with Gasteiger partial charge in [0, 0.05) is 0 Å². The minimum atomic E-state index is -2.71. The van der Waals surface area contributed by atoms with Gasteiger partial charge in [0.1, 0.15) is 12.7 Å². The number of benzene rings is 1. The van der Waals surface area contributed by atoms with Gasteiger partial charge in [-0.1, -0.05) is 12.6 Å². The summed E-state index contributed by atoms with van der Waals surface area (Å²) in [4.78, 5) is 11.8. The summed E-state index contributed by atoms with van der Waals surface area (Å²) in [6.45, 7) is 3.93. The number of carbonyl (C=O) groups excluding carboxylic acids is 1. The fraction of sp³-hybridized carbons (Fsp3) is 0.429. The molecule has 1 aliphatic rings. The number of aryl methyl sites for hydroxylation is 1. The molecule has 176 valence electrons. The lowest BCUT2D eigenvalue weighted by Gasteiger charge is -2.10. The molecule has 1 aromatic carbocycles. The van der Waals surface area contributed by atoms with Gasteiger partial charge >= 0.3 is 6.55 Å². The number of rotatable bonds is 7. The summed E-state index contributed by atoms with van der Waals surface area (Å²) in [5.41, 5.74) is 1.05. The Morgan fingerprint density at radius 3 is 2.69 bits per heavy atom. The standard InChI is InChI=1S/C11H15F2N3O2.C10H10F2O2/c1-6-3-4-9(18-6)10(17)14-8-5-16(11(12)13)15-7(8)2;1-7(5-13)6-14-9-4-2-3-8(11)10(9)12/h5-6,9,11H,3-4H2,1-2H3,(H,14,17);2-4,13H,1,5-6H2. The van der Waals surface area contributed by atoms with Gasteiger partial charge in [-0.3, -0.25) is 4.79 Å². The number of anilines is 1. The zero-order valence-corrected chi connectivity index (χ0v) is 17.7. The van der Waals surface area contributed by atoms with Gasteiger partial charge < -0.3 is 19.9 Å². The first-order valence-corrected chi connectivity index (χ1v) is 9.76. The molecule has 0 spiro atoms. The second kappa shape index (κ2) is 11.6. The van der Waals surface area contributed by atoms with Crippen LogP contribution in [0.3, 0.4) is 0 Å². The highest BCUT2D eigenvalue weighted by atomic mass is 19.3. The maximum absolute atomic E-state index is 13.0. The lowest BCUT2D eigenvalue weighted by Crippen LogP contribution is -2.27. The zero-order valence-electron chi connectivity index (χ0n) is 17.7. The summed E-state index contributed by atoms with van der Waals surface area (Å²) in [5, 5.41) is 14.8. The molecule has 32 heavy (non-hydrogen) atoms. The predicted octanol–water partition coefficient (Wildman–Crippen LogP) is 3.98. The number of aromatic nitrogens is 2.